The molecular weight excluding hydrogens is 404 g/mol. The van der Waals surface area contributed by atoms with Crippen LogP contribution in [0.1, 0.15) is 80.1 Å². The molecule has 0 saturated heterocycles. The second-order valence-corrected chi connectivity index (χ2v) is 12.7. The van der Waals surface area contributed by atoms with Crippen molar-refractivity contribution >= 4 is 18.2 Å². The Labute approximate surface area is 192 Å². The quantitative estimate of drug-likeness (QED) is 0.328. The van der Waals surface area contributed by atoms with Gasteiger partial charge in [-0.25, -0.2) is 0 Å². The molecule has 0 amide bonds. The van der Waals surface area contributed by atoms with Crippen molar-refractivity contribution < 1.29 is 24.2 Å². The lowest BCUT2D eigenvalue weighted by Gasteiger charge is -2.58. The summed E-state index contributed by atoms with van der Waals surface area (Å²) in [7, 11) is 0. The normalized spacial score (nSPS) is 42.0. The van der Waals surface area contributed by atoms with Crippen molar-refractivity contribution in [1.29, 1.82) is 0 Å². The number of aliphatic carboxylic acids is 1. The van der Waals surface area contributed by atoms with Gasteiger partial charge in [-0.15, -0.1) is 0 Å². The van der Waals surface area contributed by atoms with Crippen LogP contribution in [-0.2, 0) is 19.1 Å². The highest BCUT2D eigenvalue weighted by atomic mass is 16.5. The number of carbonyl (C=O) groups excluding carboxylic acids is 2. The van der Waals surface area contributed by atoms with Crippen LogP contribution in [0.25, 0.3) is 0 Å². The van der Waals surface area contributed by atoms with Crippen LogP contribution < -0.4 is 0 Å². The predicted molar refractivity (Wildman–Crippen MR) is 122 cm³/mol. The number of aldehydes is 1. The Balaban J connectivity index is 1.75. The van der Waals surface area contributed by atoms with E-state index in [0.29, 0.717) is 31.1 Å². The average molecular weight is 445 g/mol. The van der Waals surface area contributed by atoms with Gasteiger partial charge in [0, 0.05) is 5.41 Å². The Hall–Kier alpha value is -1.65. The molecule has 7 atom stereocenters. The molecule has 1 N–H and O–H groups in total. The molecule has 6 unspecified atom stereocenters. The largest absolute Gasteiger partial charge is 0.481 e. The average Bonchev–Trinajstić information content (AvgIpc) is 3.23. The number of carboxylic acid groups (broad SMARTS) is 1. The van der Waals surface area contributed by atoms with Crippen LogP contribution in [0.4, 0.5) is 0 Å². The van der Waals surface area contributed by atoms with Crippen molar-refractivity contribution in [2.24, 2.45) is 51.2 Å². The van der Waals surface area contributed by atoms with Gasteiger partial charge in [0.1, 0.15) is 11.7 Å². The smallest absolute Gasteiger partial charge is 0.315 e. The zero-order valence-corrected chi connectivity index (χ0v) is 20.6. The number of hydrogen-bond acceptors (Lipinski definition) is 4. The van der Waals surface area contributed by atoms with Crippen molar-refractivity contribution in [3.8, 4) is 0 Å². The Morgan fingerprint density at radius 1 is 1.25 bits per heavy atom. The van der Waals surface area contributed by atoms with E-state index in [-0.39, 0.29) is 35.7 Å². The van der Waals surface area contributed by atoms with Crippen LogP contribution in [-0.4, -0.2) is 29.9 Å². The van der Waals surface area contributed by atoms with Crippen molar-refractivity contribution in [2.45, 2.75) is 80.1 Å². The Morgan fingerprint density at radius 2 is 1.94 bits per heavy atom. The van der Waals surface area contributed by atoms with E-state index in [0.717, 1.165) is 31.1 Å². The van der Waals surface area contributed by atoms with Crippen molar-refractivity contribution in [1.82, 2.24) is 0 Å². The third-order valence-electron chi connectivity index (χ3n) is 9.61. The third kappa shape index (κ3) is 2.84. The first-order valence-corrected chi connectivity index (χ1v) is 12.4. The Kier molecular flexibility index (Phi) is 5.46. The van der Waals surface area contributed by atoms with Gasteiger partial charge in [-0.2, -0.15) is 0 Å². The topological polar surface area (TPSA) is 80.7 Å². The SMILES string of the molecule is CC(C)C1=CC2CC3(C=O)C4CC[C@@H](C)C4CC2(CCOC(=O)CC(C)(C)C)C13C(=O)O. The van der Waals surface area contributed by atoms with Gasteiger partial charge in [0.2, 0.25) is 0 Å². The maximum Gasteiger partial charge on any atom is 0.315 e. The monoisotopic (exact) mass is 444 g/mol. The minimum atomic E-state index is -1.18. The van der Waals surface area contributed by atoms with Crippen LogP contribution in [0.5, 0.6) is 0 Å². The van der Waals surface area contributed by atoms with Gasteiger partial charge in [0.15, 0.2) is 0 Å². The molecule has 0 aliphatic heterocycles. The zero-order valence-electron chi connectivity index (χ0n) is 20.6. The van der Waals surface area contributed by atoms with Gasteiger partial charge in [-0.3, -0.25) is 9.59 Å². The molecule has 5 heteroatoms. The highest BCUT2D eigenvalue weighted by Gasteiger charge is 2.83. The number of fused-ring (bicyclic) bond motifs is 2. The number of esters is 1. The first-order valence-electron chi connectivity index (χ1n) is 12.4. The van der Waals surface area contributed by atoms with Crippen LogP contribution in [0.3, 0.4) is 0 Å². The van der Waals surface area contributed by atoms with E-state index in [1.54, 1.807) is 0 Å². The van der Waals surface area contributed by atoms with E-state index >= 15 is 0 Å². The first-order chi connectivity index (χ1) is 14.9. The van der Waals surface area contributed by atoms with E-state index in [1.807, 2.05) is 20.8 Å². The molecule has 3 fully saturated rings. The molecule has 4 bridgehead atoms. The summed E-state index contributed by atoms with van der Waals surface area (Å²) in [6.07, 6.45) is 7.53. The number of rotatable bonds is 7. The molecule has 4 rings (SSSR count). The molecule has 0 radical (unpaired) electrons. The van der Waals surface area contributed by atoms with Gasteiger partial charge in [-0.1, -0.05) is 59.6 Å². The van der Waals surface area contributed by atoms with E-state index < -0.39 is 22.2 Å². The molecule has 3 saturated carbocycles. The van der Waals surface area contributed by atoms with Gasteiger partial charge >= 0.3 is 11.9 Å². The van der Waals surface area contributed by atoms with E-state index in [1.165, 1.54) is 0 Å². The summed E-state index contributed by atoms with van der Waals surface area (Å²) >= 11 is 0. The number of carboxylic acids is 1. The summed E-state index contributed by atoms with van der Waals surface area (Å²) < 4.78 is 5.67. The number of ether oxygens (including phenoxy) is 1. The molecule has 4 aliphatic carbocycles. The molecule has 0 spiro atoms. The molecule has 4 aliphatic rings. The van der Waals surface area contributed by atoms with Gasteiger partial charge in [-0.05, 0) is 60.7 Å². The highest BCUT2D eigenvalue weighted by Crippen LogP contribution is 2.83. The van der Waals surface area contributed by atoms with Crippen molar-refractivity contribution in [3.63, 3.8) is 0 Å². The van der Waals surface area contributed by atoms with Gasteiger partial charge in [0.25, 0.3) is 0 Å². The fraction of sp³-hybridized carbons (Fsp3) is 0.815. The summed E-state index contributed by atoms with van der Waals surface area (Å²) in [5.41, 5.74) is -1.79. The molecular formula is C27H40O5. The lowest BCUT2D eigenvalue weighted by atomic mass is 9.42. The minimum Gasteiger partial charge on any atom is -0.481 e. The number of hydrogen-bond donors (Lipinski definition) is 1. The standard InChI is InChI=1S/C27H40O5/c1-16(2)21-11-18-12-26(15-28)20-8-7-17(3)19(20)13-25(18,27(21,26)23(30)31)9-10-32-22(29)14-24(4,5)6/h11,15-20H,7-10,12-14H2,1-6H3,(H,30,31)/t17-,18?,19?,20?,25?,26?,27?/m1/s1. The number of carbonyl (C=O) groups is 3. The molecule has 0 aromatic carbocycles. The van der Waals surface area contributed by atoms with Crippen LogP contribution >= 0.6 is 0 Å². The van der Waals surface area contributed by atoms with E-state index in [9.17, 15) is 19.5 Å². The van der Waals surface area contributed by atoms with Gasteiger partial charge < -0.3 is 14.6 Å². The predicted octanol–water partition coefficient (Wildman–Crippen LogP) is 5.28. The second-order valence-electron chi connectivity index (χ2n) is 12.7. The summed E-state index contributed by atoms with van der Waals surface area (Å²) in [5, 5.41) is 10.9. The van der Waals surface area contributed by atoms with Crippen LogP contribution in [0, 0.1) is 51.2 Å². The van der Waals surface area contributed by atoms with Gasteiger partial charge in [0.05, 0.1) is 18.4 Å². The maximum absolute atomic E-state index is 13.3. The molecule has 0 aromatic heterocycles. The third-order valence-corrected chi connectivity index (χ3v) is 9.61. The molecule has 0 heterocycles. The zero-order chi connectivity index (χ0) is 23.7. The molecule has 0 aromatic rings. The fourth-order valence-electron chi connectivity index (χ4n) is 8.67. The van der Waals surface area contributed by atoms with Crippen LogP contribution in [0.15, 0.2) is 11.6 Å². The van der Waals surface area contributed by atoms with Crippen molar-refractivity contribution in [3.05, 3.63) is 11.6 Å². The van der Waals surface area contributed by atoms with Crippen LogP contribution in [0.2, 0.25) is 0 Å². The minimum absolute atomic E-state index is 0.0559. The summed E-state index contributed by atoms with van der Waals surface area (Å²) in [5.74, 6) is 0.0364. The number of allylic oxidation sites excluding steroid dienone is 1. The highest BCUT2D eigenvalue weighted by molar-refractivity contribution is 5.90. The fourth-order valence-corrected chi connectivity index (χ4v) is 8.67. The van der Waals surface area contributed by atoms with Crippen molar-refractivity contribution in [2.75, 3.05) is 6.61 Å². The summed E-state index contributed by atoms with van der Waals surface area (Å²) in [4.78, 5) is 38.7. The lowest BCUT2D eigenvalue weighted by Crippen LogP contribution is -2.62. The van der Waals surface area contributed by atoms with E-state index in [4.69, 9.17) is 4.74 Å². The second kappa shape index (κ2) is 7.43. The van der Waals surface area contributed by atoms with E-state index in [2.05, 4.69) is 26.8 Å². The molecule has 5 nitrogen and oxygen atoms in total. The Morgan fingerprint density at radius 3 is 2.50 bits per heavy atom. The maximum atomic E-state index is 13.3. The molecule has 32 heavy (non-hydrogen) atoms. The molecule has 178 valence electrons. The first kappa shape index (κ1) is 23.5. The lowest BCUT2D eigenvalue weighted by molar-refractivity contribution is -0.182. The Bertz CT molecular complexity index is 851. The summed E-state index contributed by atoms with van der Waals surface area (Å²) in [6.45, 7) is 12.6. The summed E-state index contributed by atoms with van der Waals surface area (Å²) in [6, 6.07) is 0.